The second kappa shape index (κ2) is 3.98. The maximum absolute atomic E-state index is 2.80. The van der Waals surface area contributed by atoms with E-state index in [-0.39, 0.29) is 0 Å². The number of fused-ring (bicyclic) bond motifs is 1. The zero-order chi connectivity index (χ0) is 11.3. The Bertz CT molecular complexity index is 276. The van der Waals surface area contributed by atoms with Gasteiger partial charge in [0, 0.05) is 6.54 Å². The van der Waals surface area contributed by atoms with Crippen LogP contribution in [0.25, 0.3) is 0 Å². The Morgan fingerprint density at radius 2 is 1.41 bits per heavy atom. The molecule has 1 heteroatoms. The van der Waals surface area contributed by atoms with Gasteiger partial charge in [0.2, 0.25) is 0 Å². The molecular weight excluding hydrogens is 206 g/mol. The van der Waals surface area contributed by atoms with Crippen LogP contribution in [-0.2, 0) is 0 Å². The Kier molecular flexibility index (Phi) is 2.54. The number of hydrogen-bond donors (Lipinski definition) is 0. The van der Waals surface area contributed by atoms with Gasteiger partial charge < -0.3 is 4.90 Å². The highest BCUT2D eigenvalue weighted by Gasteiger charge is 2.48. The number of nitrogens with zero attached hydrogens (tertiary/aromatic N) is 1. The molecule has 96 valence electrons. The normalized spacial score (nSPS) is 49.8. The highest BCUT2D eigenvalue weighted by molar-refractivity contribution is 5.00. The molecule has 2 atom stereocenters. The van der Waals surface area contributed by atoms with Crippen LogP contribution in [0.4, 0.5) is 0 Å². The van der Waals surface area contributed by atoms with Crippen molar-refractivity contribution in [3.63, 3.8) is 0 Å². The summed E-state index contributed by atoms with van der Waals surface area (Å²) in [5.41, 5.74) is 0.775. The molecule has 5 rings (SSSR count). The van der Waals surface area contributed by atoms with E-state index >= 15 is 0 Å². The van der Waals surface area contributed by atoms with E-state index in [1.807, 2.05) is 0 Å². The predicted octanol–water partition coefficient (Wildman–Crippen LogP) is 3.69. The van der Waals surface area contributed by atoms with Gasteiger partial charge in [0.05, 0.1) is 0 Å². The largest absolute Gasteiger partial charge is 0.303 e. The Morgan fingerprint density at radius 3 is 2.06 bits per heavy atom. The first-order valence-corrected chi connectivity index (χ1v) is 8.04. The Hall–Kier alpha value is -0.0400. The Labute approximate surface area is 106 Å². The smallest absolute Gasteiger partial charge is 0.00383 e. The van der Waals surface area contributed by atoms with Crippen molar-refractivity contribution in [2.24, 2.45) is 23.2 Å². The van der Waals surface area contributed by atoms with Gasteiger partial charge in [-0.15, -0.1) is 0 Å². The lowest BCUT2D eigenvalue weighted by Crippen LogP contribution is -2.45. The van der Waals surface area contributed by atoms with E-state index in [2.05, 4.69) is 4.90 Å². The van der Waals surface area contributed by atoms with Gasteiger partial charge in [0.1, 0.15) is 0 Å². The summed E-state index contributed by atoms with van der Waals surface area (Å²) in [6.45, 7) is 4.28. The lowest BCUT2D eigenvalue weighted by Gasteiger charge is -2.50. The fourth-order valence-corrected chi connectivity index (χ4v) is 5.98. The molecule has 0 aromatic heterocycles. The molecule has 4 bridgehead atoms. The molecule has 0 aromatic carbocycles. The average molecular weight is 233 g/mol. The zero-order valence-electron chi connectivity index (χ0n) is 11.2. The minimum atomic E-state index is 0.775. The third-order valence-corrected chi connectivity index (χ3v) is 6.24. The first-order valence-electron chi connectivity index (χ1n) is 8.04. The fourth-order valence-electron chi connectivity index (χ4n) is 5.98. The molecule has 1 saturated heterocycles. The van der Waals surface area contributed by atoms with E-state index in [1.165, 1.54) is 32.5 Å². The average Bonchev–Trinajstić information content (AvgIpc) is 2.68. The Morgan fingerprint density at radius 1 is 0.824 bits per heavy atom. The summed E-state index contributed by atoms with van der Waals surface area (Å²) in [4.78, 5) is 2.80. The maximum atomic E-state index is 2.80. The van der Waals surface area contributed by atoms with Crippen LogP contribution in [0.3, 0.4) is 0 Å². The Balaban J connectivity index is 1.55. The summed E-state index contributed by atoms with van der Waals surface area (Å²) in [5.74, 6) is 3.35. The van der Waals surface area contributed by atoms with Gasteiger partial charge in [-0.3, -0.25) is 0 Å². The van der Waals surface area contributed by atoms with Crippen LogP contribution >= 0.6 is 0 Å². The molecule has 17 heavy (non-hydrogen) atoms. The van der Waals surface area contributed by atoms with Crippen molar-refractivity contribution >= 4 is 0 Å². The molecule has 0 unspecified atom stereocenters. The van der Waals surface area contributed by atoms with Crippen LogP contribution in [0.5, 0.6) is 0 Å². The standard InChI is InChI=1S/C16H27N/c1-2-6-17(5-1)12-16-9-13-3-4-14(10-16)8-15(7-13)11-16/h13-15H,1-12H2/t13-,14-,15?,16?/m0/s1. The van der Waals surface area contributed by atoms with E-state index in [0.717, 1.165) is 23.2 Å². The van der Waals surface area contributed by atoms with Crippen LogP contribution in [-0.4, -0.2) is 24.5 Å². The molecule has 4 aliphatic carbocycles. The molecule has 5 aliphatic rings. The van der Waals surface area contributed by atoms with E-state index < -0.39 is 0 Å². The van der Waals surface area contributed by atoms with E-state index in [9.17, 15) is 0 Å². The van der Waals surface area contributed by atoms with E-state index in [1.54, 1.807) is 44.9 Å². The van der Waals surface area contributed by atoms with Crippen molar-refractivity contribution in [1.29, 1.82) is 0 Å². The summed E-state index contributed by atoms with van der Waals surface area (Å²) in [5, 5.41) is 0. The van der Waals surface area contributed by atoms with Crippen LogP contribution in [0.15, 0.2) is 0 Å². The van der Waals surface area contributed by atoms with Gasteiger partial charge in [-0.05, 0) is 81.2 Å². The highest BCUT2D eigenvalue weighted by atomic mass is 15.1. The van der Waals surface area contributed by atoms with Gasteiger partial charge in [0.15, 0.2) is 0 Å². The SMILES string of the molecule is C1CCN(CC23CC4C[C@H](CC[C@@H](C4)C2)C3)C1. The van der Waals surface area contributed by atoms with Gasteiger partial charge in [-0.2, -0.15) is 0 Å². The predicted molar refractivity (Wildman–Crippen MR) is 70.9 cm³/mol. The monoisotopic (exact) mass is 233 g/mol. The van der Waals surface area contributed by atoms with Crippen LogP contribution in [0, 0.1) is 23.2 Å². The van der Waals surface area contributed by atoms with Crippen molar-refractivity contribution in [2.45, 2.75) is 57.8 Å². The zero-order valence-corrected chi connectivity index (χ0v) is 11.2. The maximum Gasteiger partial charge on any atom is 0.00383 e. The topological polar surface area (TPSA) is 3.24 Å². The lowest BCUT2D eigenvalue weighted by atomic mass is 9.58. The summed E-state index contributed by atoms with van der Waals surface area (Å²) in [6, 6.07) is 0. The van der Waals surface area contributed by atoms with Gasteiger partial charge in [-0.25, -0.2) is 0 Å². The molecule has 1 nitrogen and oxygen atoms in total. The minimum Gasteiger partial charge on any atom is -0.303 e. The lowest BCUT2D eigenvalue weighted by molar-refractivity contribution is 0.00877. The summed E-state index contributed by atoms with van der Waals surface area (Å²) < 4.78 is 0. The van der Waals surface area contributed by atoms with Crippen LogP contribution < -0.4 is 0 Å². The number of rotatable bonds is 2. The van der Waals surface area contributed by atoms with Crippen molar-refractivity contribution in [2.75, 3.05) is 19.6 Å². The summed E-state index contributed by atoms with van der Waals surface area (Å²) in [6.07, 6.45) is 14.0. The first-order chi connectivity index (χ1) is 8.31. The molecule has 0 N–H and O–H groups in total. The number of hydrogen-bond acceptors (Lipinski definition) is 1. The van der Waals surface area contributed by atoms with Crippen molar-refractivity contribution in [3.8, 4) is 0 Å². The fraction of sp³-hybridized carbons (Fsp3) is 1.00. The second-order valence-electron chi connectivity index (χ2n) is 7.74. The van der Waals surface area contributed by atoms with Crippen molar-refractivity contribution < 1.29 is 0 Å². The molecular formula is C16H27N. The molecule has 0 amide bonds. The minimum absolute atomic E-state index is 0.775. The molecule has 1 heterocycles. The quantitative estimate of drug-likeness (QED) is 0.703. The van der Waals surface area contributed by atoms with Gasteiger partial charge >= 0.3 is 0 Å². The van der Waals surface area contributed by atoms with E-state index in [4.69, 9.17) is 0 Å². The van der Waals surface area contributed by atoms with Crippen LogP contribution in [0.1, 0.15) is 57.8 Å². The third-order valence-electron chi connectivity index (χ3n) is 6.24. The summed E-state index contributed by atoms with van der Waals surface area (Å²) in [7, 11) is 0. The number of likely N-dealkylation sites (tertiary alicyclic amines) is 1. The van der Waals surface area contributed by atoms with Crippen LogP contribution in [0.2, 0.25) is 0 Å². The van der Waals surface area contributed by atoms with Gasteiger partial charge in [-0.1, -0.05) is 12.8 Å². The molecule has 5 fully saturated rings. The molecule has 1 aliphatic heterocycles. The molecule has 0 aromatic rings. The van der Waals surface area contributed by atoms with Gasteiger partial charge in [0.25, 0.3) is 0 Å². The van der Waals surface area contributed by atoms with Crippen molar-refractivity contribution in [1.82, 2.24) is 4.90 Å². The second-order valence-corrected chi connectivity index (χ2v) is 7.74. The first kappa shape index (κ1) is 10.8. The van der Waals surface area contributed by atoms with Crippen molar-refractivity contribution in [3.05, 3.63) is 0 Å². The highest BCUT2D eigenvalue weighted by Crippen LogP contribution is 2.58. The summed E-state index contributed by atoms with van der Waals surface area (Å²) >= 11 is 0. The molecule has 4 saturated carbocycles. The third kappa shape index (κ3) is 1.95. The van der Waals surface area contributed by atoms with E-state index in [0.29, 0.717) is 0 Å². The molecule has 0 spiro atoms. The molecule has 0 radical (unpaired) electrons.